The molecule has 0 aliphatic carbocycles. The van der Waals surface area contributed by atoms with E-state index in [2.05, 4.69) is 11.3 Å². The molecule has 18 heavy (non-hydrogen) atoms. The van der Waals surface area contributed by atoms with E-state index in [0.717, 1.165) is 0 Å². The maximum absolute atomic E-state index is 12.8. The molecule has 0 bridgehead atoms. The molecule has 0 aromatic carbocycles. The molecule has 1 unspecified atom stereocenters. The third-order valence-electron chi connectivity index (χ3n) is 1.65. The van der Waals surface area contributed by atoms with E-state index in [9.17, 15) is 30.9 Å². The Balaban J connectivity index is 0. The number of rotatable bonds is 6. The summed E-state index contributed by atoms with van der Waals surface area (Å²) in [4.78, 5) is 10.8. The minimum atomic E-state index is -6.08. The van der Waals surface area contributed by atoms with Crippen LogP contribution < -0.4 is 51.4 Å². The molecule has 0 N–H and O–H groups in total. The average Bonchev–Trinajstić information content (AvgIpc) is 2.15. The Morgan fingerprint density at radius 2 is 1.94 bits per heavy atom. The molecule has 0 rings (SSSR count). The first kappa shape index (κ1) is 20.9. The fourth-order valence-corrected chi connectivity index (χ4v) is 1.13. The zero-order valence-electron chi connectivity index (χ0n) is 9.78. The maximum Gasteiger partial charge on any atom is 1.00 e. The van der Waals surface area contributed by atoms with Crippen molar-refractivity contribution in [3.05, 3.63) is 12.2 Å². The molecule has 0 spiro atoms. The molecule has 100 valence electrons. The Bertz CT molecular complexity index is 409. The van der Waals surface area contributed by atoms with Crippen molar-refractivity contribution in [2.45, 2.75) is 24.8 Å². The molecule has 0 saturated heterocycles. The van der Waals surface area contributed by atoms with Crippen LogP contribution in [0, 0.1) is 0 Å². The van der Waals surface area contributed by atoms with Crippen molar-refractivity contribution >= 4 is 16.1 Å². The van der Waals surface area contributed by atoms with Gasteiger partial charge in [-0.2, -0.15) is 8.78 Å². The van der Waals surface area contributed by atoms with Crippen molar-refractivity contribution in [3.63, 3.8) is 0 Å². The van der Waals surface area contributed by atoms with Crippen molar-refractivity contribution < 1.29 is 87.1 Å². The fourth-order valence-electron chi connectivity index (χ4n) is 0.703. The van der Waals surface area contributed by atoms with E-state index in [1.54, 1.807) is 0 Å². The summed E-state index contributed by atoms with van der Waals surface area (Å²) in [6.07, 6.45) is -4.34. The van der Waals surface area contributed by atoms with Crippen LogP contribution in [0.15, 0.2) is 12.2 Å². The van der Waals surface area contributed by atoms with Crippen molar-refractivity contribution in [2.24, 2.45) is 0 Å². The number of halogens is 3. The van der Waals surface area contributed by atoms with Crippen molar-refractivity contribution in [2.75, 3.05) is 6.61 Å². The van der Waals surface area contributed by atoms with Crippen molar-refractivity contribution in [3.8, 4) is 0 Å². The Kier molecular flexibility index (Phi) is 9.24. The van der Waals surface area contributed by atoms with E-state index >= 15 is 0 Å². The molecule has 0 aromatic rings. The van der Waals surface area contributed by atoms with E-state index in [0.29, 0.717) is 0 Å². The van der Waals surface area contributed by atoms with E-state index in [-0.39, 0.29) is 57.0 Å². The summed E-state index contributed by atoms with van der Waals surface area (Å²) in [6, 6.07) is 0. The van der Waals surface area contributed by atoms with Gasteiger partial charge in [-0.25, -0.2) is 17.6 Å². The van der Waals surface area contributed by atoms with Gasteiger partial charge in [0, 0.05) is 12.0 Å². The van der Waals surface area contributed by atoms with Gasteiger partial charge >= 0.3 is 62.6 Å². The van der Waals surface area contributed by atoms with Gasteiger partial charge in [0.15, 0.2) is 16.3 Å². The molecule has 1 atom stereocenters. The summed E-state index contributed by atoms with van der Waals surface area (Å²) in [5.41, 5.74) is -0.0244. The Labute approximate surface area is 145 Å². The molecule has 0 saturated carbocycles. The smallest absolute Gasteiger partial charge is 0.743 e. The Morgan fingerprint density at radius 1 is 1.50 bits per heavy atom. The Hall–Kier alpha value is 0.546. The summed E-state index contributed by atoms with van der Waals surface area (Å²) < 4.78 is 72.3. The first-order chi connectivity index (χ1) is 7.50. The summed E-state index contributed by atoms with van der Waals surface area (Å²) >= 11 is 0. The first-order valence-corrected chi connectivity index (χ1v) is 5.71. The second kappa shape index (κ2) is 7.97. The number of carbonyl (C=O) groups excluding carboxylic acids is 1. The quantitative estimate of drug-likeness (QED) is 0.244. The normalized spacial score (nSPS) is 13.4. The van der Waals surface area contributed by atoms with Gasteiger partial charge in [0.05, 0.1) is 6.61 Å². The molecule has 0 amide bonds. The standard InChI is InChI=1S/C8H11F3O5S.K/c1-5(2)7(12)16-4-3-6(9)8(10,11)17(13,14)15;/h6H,1,3-4H2,2H3,(H,13,14,15);/q;+1/p-1. The second-order valence-electron chi connectivity index (χ2n) is 3.19. The Morgan fingerprint density at radius 3 is 2.28 bits per heavy atom. The number of hydrogen-bond acceptors (Lipinski definition) is 5. The summed E-state index contributed by atoms with van der Waals surface area (Å²) in [6.45, 7) is 3.68. The van der Waals surface area contributed by atoms with Crippen LogP contribution in [0.25, 0.3) is 0 Å². The predicted octanol–water partition coefficient (Wildman–Crippen LogP) is -2.02. The summed E-state index contributed by atoms with van der Waals surface area (Å²) in [7, 11) is -6.08. The minimum Gasteiger partial charge on any atom is -0.743 e. The van der Waals surface area contributed by atoms with E-state index in [1.807, 2.05) is 0 Å². The van der Waals surface area contributed by atoms with Crippen molar-refractivity contribution in [1.82, 2.24) is 0 Å². The molecule has 0 heterocycles. The molecular formula is C8H10F3KO5S. The van der Waals surface area contributed by atoms with E-state index in [4.69, 9.17) is 0 Å². The van der Waals surface area contributed by atoms with Gasteiger partial charge in [0.2, 0.25) is 0 Å². The number of ether oxygens (including phenoxy) is 1. The predicted molar refractivity (Wildman–Crippen MR) is 49.9 cm³/mol. The molecule has 5 nitrogen and oxygen atoms in total. The van der Waals surface area contributed by atoms with Crippen LogP contribution in [0.5, 0.6) is 0 Å². The summed E-state index contributed by atoms with van der Waals surface area (Å²) in [5.74, 6) is -0.925. The number of carbonyl (C=O) groups is 1. The van der Waals surface area contributed by atoms with E-state index < -0.39 is 40.5 Å². The molecule has 0 fully saturated rings. The van der Waals surface area contributed by atoms with Gasteiger partial charge in [0.1, 0.15) is 0 Å². The number of alkyl halides is 3. The SMILES string of the molecule is C=C(C)C(=O)OCCC(F)C(F)(F)S(=O)(=O)[O-].[K+]. The van der Waals surface area contributed by atoms with Gasteiger partial charge < -0.3 is 9.29 Å². The maximum atomic E-state index is 12.8. The van der Waals surface area contributed by atoms with Crippen LogP contribution >= 0.6 is 0 Å². The first-order valence-electron chi connectivity index (χ1n) is 4.30. The monoisotopic (exact) mass is 314 g/mol. The number of esters is 1. The van der Waals surface area contributed by atoms with Crippen LogP contribution in [0.1, 0.15) is 13.3 Å². The van der Waals surface area contributed by atoms with Crippen molar-refractivity contribution in [1.29, 1.82) is 0 Å². The van der Waals surface area contributed by atoms with Crippen LogP contribution in [0.4, 0.5) is 13.2 Å². The zero-order chi connectivity index (χ0) is 13.9. The molecular weight excluding hydrogens is 304 g/mol. The molecule has 0 aliphatic rings. The number of hydrogen-bond donors (Lipinski definition) is 0. The molecule has 0 aromatic heterocycles. The molecule has 0 aliphatic heterocycles. The second-order valence-corrected chi connectivity index (χ2v) is 4.64. The third kappa shape index (κ3) is 6.13. The van der Waals surface area contributed by atoms with Gasteiger partial charge in [-0.1, -0.05) is 6.58 Å². The van der Waals surface area contributed by atoms with E-state index in [1.165, 1.54) is 6.92 Å². The topological polar surface area (TPSA) is 83.5 Å². The van der Waals surface area contributed by atoms with Gasteiger partial charge in [-0.3, -0.25) is 0 Å². The van der Waals surface area contributed by atoms with Crippen LogP contribution in [-0.4, -0.2) is 37.0 Å². The average molecular weight is 314 g/mol. The minimum absolute atomic E-state index is 0. The fraction of sp³-hybridized carbons (Fsp3) is 0.625. The summed E-state index contributed by atoms with van der Waals surface area (Å²) in [5, 5.41) is -5.04. The molecule has 10 heteroatoms. The third-order valence-corrected chi connectivity index (χ3v) is 2.57. The van der Waals surface area contributed by atoms with Crippen LogP contribution in [0.2, 0.25) is 0 Å². The largest absolute Gasteiger partial charge is 1.00 e. The van der Waals surface area contributed by atoms with Gasteiger partial charge in [-0.05, 0) is 6.92 Å². The van der Waals surface area contributed by atoms with Gasteiger partial charge in [0.25, 0.3) is 0 Å². The van der Waals surface area contributed by atoms with Crippen LogP contribution in [-0.2, 0) is 19.6 Å². The molecule has 0 radical (unpaired) electrons. The van der Waals surface area contributed by atoms with Gasteiger partial charge in [-0.15, -0.1) is 0 Å². The zero-order valence-corrected chi connectivity index (χ0v) is 13.7. The van der Waals surface area contributed by atoms with Crippen LogP contribution in [0.3, 0.4) is 0 Å².